The third-order valence-corrected chi connectivity index (χ3v) is 7.54. The Bertz CT molecular complexity index is 844. The second-order valence-corrected chi connectivity index (χ2v) is 9.12. The first kappa shape index (κ1) is 18.9. The van der Waals surface area contributed by atoms with Crippen molar-refractivity contribution < 1.29 is 9.47 Å². The minimum absolute atomic E-state index is 0.518. The van der Waals surface area contributed by atoms with Gasteiger partial charge in [0.25, 0.3) is 0 Å². The zero-order valence-electron chi connectivity index (χ0n) is 15.8. The van der Waals surface area contributed by atoms with Crippen LogP contribution in [0.5, 0.6) is 0 Å². The molecule has 0 aliphatic carbocycles. The largest absolute Gasteiger partial charge is 0.343 e. The van der Waals surface area contributed by atoms with Gasteiger partial charge in [0, 0.05) is 21.1 Å². The van der Waals surface area contributed by atoms with E-state index >= 15 is 0 Å². The fraction of sp³-hybridized carbons (Fsp3) is 0.391. The second kappa shape index (κ2) is 8.70. The molecule has 142 valence electrons. The summed E-state index contributed by atoms with van der Waals surface area (Å²) in [5, 5.41) is 0. The molecule has 0 spiro atoms. The number of unbranched alkanes of at least 4 members (excludes halogenated alkanes) is 3. The van der Waals surface area contributed by atoms with Gasteiger partial charge in [-0.2, -0.15) is 0 Å². The first-order chi connectivity index (χ1) is 13.3. The molecule has 1 fully saturated rings. The molecule has 27 heavy (non-hydrogen) atoms. The summed E-state index contributed by atoms with van der Waals surface area (Å²) < 4.78 is 12.2. The topological polar surface area (TPSA) is 18.5 Å². The predicted molar refractivity (Wildman–Crippen MR) is 115 cm³/mol. The Morgan fingerprint density at radius 1 is 0.778 bits per heavy atom. The minimum Gasteiger partial charge on any atom is -0.343 e. The van der Waals surface area contributed by atoms with E-state index in [1.165, 1.54) is 44.3 Å². The lowest BCUT2D eigenvalue weighted by Crippen LogP contribution is -2.25. The van der Waals surface area contributed by atoms with Crippen molar-refractivity contribution >= 4 is 22.7 Å². The summed E-state index contributed by atoms with van der Waals surface area (Å²) in [4.78, 5) is 5.12. The lowest BCUT2D eigenvalue weighted by Gasteiger charge is -2.26. The SMILES string of the molecule is CCCCCCC1(c2ccc(-c3ccc(-c4ccccc4)s3)s2)OCCO1. The molecule has 4 heteroatoms. The van der Waals surface area contributed by atoms with E-state index in [-0.39, 0.29) is 0 Å². The van der Waals surface area contributed by atoms with Crippen LogP contribution in [0.1, 0.15) is 43.9 Å². The van der Waals surface area contributed by atoms with E-state index in [1.54, 1.807) is 0 Å². The third kappa shape index (κ3) is 4.19. The van der Waals surface area contributed by atoms with Crippen molar-refractivity contribution in [1.82, 2.24) is 0 Å². The molecular weight excluding hydrogens is 372 g/mol. The van der Waals surface area contributed by atoms with Crippen LogP contribution in [0.2, 0.25) is 0 Å². The Balaban J connectivity index is 1.53. The number of benzene rings is 1. The van der Waals surface area contributed by atoms with Crippen molar-refractivity contribution in [3.63, 3.8) is 0 Å². The molecule has 1 aliphatic heterocycles. The molecule has 1 saturated heterocycles. The molecule has 0 bridgehead atoms. The maximum absolute atomic E-state index is 6.12. The summed E-state index contributed by atoms with van der Waals surface area (Å²) in [6, 6.07) is 19.5. The normalized spacial score (nSPS) is 16.0. The number of hydrogen-bond donors (Lipinski definition) is 0. The van der Waals surface area contributed by atoms with Crippen molar-refractivity contribution in [2.45, 2.75) is 44.8 Å². The maximum atomic E-state index is 6.12. The number of ether oxygens (including phenoxy) is 2. The molecule has 2 nitrogen and oxygen atoms in total. The average Bonchev–Trinajstić information content (AvgIpc) is 3.46. The van der Waals surface area contributed by atoms with Crippen LogP contribution in [0.15, 0.2) is 54.6 Å². The van der Waals surface area contributed by atoms with Gasteiger partial charge in [-0.25, -0.2) is 0 Å². The molecule has 0 N–H and O–H groups in total. The number of thiophene rings is 2. The van der Waals surface area contributed by atoms with Crippen LogP contribution in [0.4, 0.5) is 0 Å². The highest BCUT2D eigenvalue weighted by atomic mass is 32.1. The number of rotatable bonds is 8. The van der Waals surface area contributed by atoms with E-state index in [1.807, 2.05) is 22.7 Å². The molecule has 3 heterocycles. The molecule has 4 rings (SSSR count). The van der Waals surface area contributed by atoms with Crippen molar-refractivity contribution in [2.75, 3.05) is 13.2 Å². The van der Waals surface area contributed by atoms with E-state index in [2.05, 4.69) is 61.5 Å². The van der Waals surface area contributed by atoms with Gasteiger partial charge in [-0.3, -0.25) is 0 Å². The van der Waals surface area contributed by atoms with Crippen LogP contribution in [0.25, 0.3) is 20.2 Å². The monoisotopic (exact) mass is 398 g/mol. The van der Waals surface area contributed by atoms with E-state index < -0.39 is 5.79 Å². The first-order valence-electron chi connectivity index (χ1n) is 9.84. The van der Waals surface area contributed by atoms with Gasteiger partial charge in [-0.05, 0) is 36.2 Å². The summed E-state index contributed by atoms with van der Waals surface area (Å²) in [5.41, 5.74) is 1.28. The van der Waals surface area contributed by atoms with Crippen LogP contribution >= 0.6 is 22.7 Å². The molecule has 0 radical (unpaired) electrons. The van der Waals surface area contributed by atoms with Crippen LogP contribution in [-0.2, 0) is 15.3 Å². The summed E-state index contributed by atoms with van der Waals surface area (Å²) in [5.74, 6) is -0.518. The fourth-order valence-corrected chi connectivity index (χ4v) is 5.79. The van der Waals surface area contributed by atoms with Crippen molar-refractivity contribution in [3.8, 4) is 20.2 Å². The van der Waals surface area contributed by atoms with Crippen LogP contribution in [0.3, 0.4) is 0 Å². The van der Waals surface area contributed by atoms with Crippen LogP contribution in [0, 0.1) is 0 Å². The van der Waals surface area contributed by atoms with Gasteiger partial charge >= 0.3 is 0 Å². The zero-order chi connectivity index (χ0) is 18.5. The van der Waals surface area contributed by atoms with Gasteiger partial charge in [0.2, 0.25) is 5.79 Å². The molecule has 0 atom stereocenters. The Hall–Kier alpha value is -1.46. The lowest BCUT2D eigenvalue weighted by molar-refractivity contribution is -0.169. The molecule has 2 aromatic heterocycles. The van der Waals surface area contributed by atoms with Crippen molar-refractivity contribution in [3.05, 3.63) is 59.5 Å². The molecular formula is C23H26O2S2. The van der Waals surface area contributed by atoms with E-state index in [0.717, 1.165) is 12.8 Å². The lowest BCUT2D eigenvalue weighted by atomic mass is 10.0. The standard InChI is InChI=1S/C23H26O2S2/c1-2-3-4-8-15-23(24-16-17-25-23)22-14-13-21(27-22)20-12-11-19(26-20)18-9-6-5-7-10-18/h5-7,9-14H,2-4,8,15-17H2,1H3. The highest BCUT2D eigenvalue weighted by Gasteiger charge is 2.39. The zero-order valence-corrected chi connectivity index (χ0v) is 17.4. The van der Waals surface area contributed by atoms with Gasteiger partial charge in [0.15, 0.2) is 0 Å². The molecule has 1 aromatic carbocycles. The summed E-state index contributed by atoms with van der Waals surface area (Å²) in [6.07, 6.45) is 5.88. The second-order valence-electron chi connectivity index (χ2n) is 6.95. The molecule has 0 unspecified atom stereocenters. The summed E-state index contributed by atoms with van der Waals surface area (Å²) in [7, 11) is 0. The van der Waals surface area contributed by atoms with Gasteiger partial charge in [0.1, 0.15) is 0 Å². The van der Waals surface area contributed by atoms with E-state index in [0.29, 0.717) is 13.2 Å². The quantitative estimate of drug-likeness (QED) is 0.370. The predicted octanol–water partition coefficient (Wildman–Crippen LogP) is 7.31. The van der Waals surface area contributed by atoms with Gasteiger partial charge in [-0.1, -0.05) is 56.5 Å². The van der Waals surface area contributed by atoms with Crippen molar-refractivity contribution in [1.29, 1.82) is 0 Å². The number of hydrogen-bond acceptors (Lipinski definition) is 4. The molecule has 0 amide bonds. The first-order valence-corrected chi connectivity index (χ1v) is 11.5. The van der Waals surface area contributed by atoms with E-state index in [9.17, 15) is 0 Å². The molecule has 0 saturated carbocycles. The Morgan fingerprint density at radius 2 is 1.48 bits per heavy atom. The molecule has 3 aromatic rings. The third-order valence-electron chi connectivity index (χ3n) is 5.00. The van der Waals surface area contributed by atoms with Gasteiger partial charge in [0.05, 0.1) is 18.1 Å². The average molecular weight is 399 g/mol. The van der Waals surface area contributed by atoms with Crippen LogP contribution < -0.4 is 0 Å². The van der Waals surface area contributed by atoms with Gasteiger partial charge in [-0.15, -0.1) is 22.7 Å². The Labute approximate surface area is 169 Å². The Kier molecular flexibility index (Phi) is 6.08. The summed E-state index contributed by atoms with van der Waals surface area (Å²) >= 11 is 3.66. The van der Waals surface area contributed by atoms with Crippen LogP contribution in [-0.4, -0.2) is 13.2 Å². The van der Waals surface area contributed by atoms with E-state index in [4.69, 9.17) is 9.47 Å². The highest BCUT2D eigenvalue weighted by molar-refractivity contribution is 7.23. The Morgan fingerprint density at radius 3 is 2.26 bits per heavy atom. The van der Waals surface area contributed by atoms with Gasteiger partial charge < -0.3 is 9.47 Å². The van der Waals surface area contributed by atoms with Crippen molar-refractivity contribution in [2.24, 2.45) is 0 Å². The smallest absolute Gasteiger partial charge is 0.204 e. The summed E-state index contributed by atoms with van der Waals surface area (Å²) in [6.45, 7) is 3.63. The highest BCUT2D eigenvalue weighted by Crippen LogP contribution is 2.44. The molecule has 1 aliphatic rings. The fourth-order valence-electron chi connectivity index (χ4n) is 3.55. The minimum atomic E-state index is -0.518. The maximum Gasteiger partial charge on any atom is 0.204 e.